The maximum Gasteiger partial charge on any atom is 0.223 e. The molecular weight excluding hydrogens is 425 g/mol. The monoisotopic (exact) mass is 455 g/mol. The molecule has 3 atom stereocenters. The number of nitrogens with zero attached hydrogens (tertiary/aromatic N) is 2. The molecule has 2 bridgehead atoms. The van der Waals surface area contributed by atoms with Gasteiger partial charge in [0, 0.05) is 31.1 Å². The van der Waals surface area contributed by atoms with Crippen molar-refractivity contribution in [1.29, 1.82) is 0 Å². The summed E-state index contributed by atoms with van der Waals surface area (Å²) < 4.78 is 0. The molecule has 2 aliphatic rings. The van der Waals surface area contributed by atoms with Crippen LogP contribution in [0.4, 0.5) is 0 Å². The zero-order valence-electron chi connectivity index (χ0n) is 17.3. The number of amides is 1. The lowest BCUT2D eigenvalue weighted by atomic mass is 9.89. The Morgan fingerprint density at radius 3 is 2.45 bits per heavy atom. The molecule has 1 amide bonds. The predicted octanol–water partition coefficient (Wildman–Crippen LogP) is 5.40. The van der Waals surface area contributed by atoms with Gasteiger partial charge in [-0.05, 0) is 45.4 Å². The summed E-state index contributed by atoms with van der Waals surface area (Å²) in [7, 11) is 1.95. The number of aromatic nitrogens is 1. The molecule has 0 aliphatic carbocycles. The molecule has 2 aliphatic heterocycles. The number of aryl methyl sites for hydroxylation is 1. The fourth-order valence-electron chi connectivity index (χ4n) is 4.62. The molecular formula is C22H31Cl2N3OS. The highest BCUT2D eigenvalue weighted by atomic mass is 35.5. The minimum Gasteiger partial charge on any atom is -0.338 e. The van der Waals surface area contributed by atoms with Crippen LogP contribution in [-0.4, -0.2) is 34.9 Å². The number of carbonyl (C=O) groups is 1. The maximum atomic E-state index is 12.9. The first-order valence-electron chi connectivity index (χ1n) is 10.1. The van der Waals surface area contributed by atoms with Gasteiger partial charge >= 0.3 is 0 Å². The Kier molecular flexibility index (Phi) is 8.53. The molecule has 0 spiro atoms. The third-order valence-corrected chi connectivity index (χ3v) is 7.62. The Hall–Kier alpha value is -1.14. The van der Waals surface area contributed by atoms with Crippen molar-refractivity contribution in [3.05, 3.63) is 40.9 Å². The molecule has 1 N–H and O–H groups in total. The van der Waals surface area contributed by atoms with Gasteiger partial charge in [0.05, 0.1) is 16.6 Å². The van der Waals surface area contributed by atoms with Gasteiger partial charge in [0.1, 0.15) is 5.01 Å². The highest BCUT2D eigenvalue weighted by molar-refractivity contribution is 7.15. The number of hydrogen-bond acceptors (Lipinski definition) is 4. The fraction of sp³-hybridized carbons (Fsp3) is 0.545. The number of halogens is 2. The third kappa shape index (κ3) is 5.32. The van der Waals surface area contributed by atoms with E-state index in [1.54, 1.807) is 11.3 Å². The number of rotatable bonds is 5. The molecule has 3 unspecified atom stereocenters. The van der Waals surface area contributed by atoms with Crippen LogP contribution in [-0.2, 0) is 4.79 Å². The van der Waals surface area contributed by atoms with Gasteiger partial charge in [-0.15, -0.1) is 36.2 Å². The number of piperidine rings is 1. The van der Waals surface area contributed by atoms with Crippen molar-refractivity contribution in [2.24, 2.45) is 5.92 Å². The average Bonchev–Trinajstić information content (AvgIpc) is 3.23. The Morgan fingerprint density at radius 2 is 1.83 bits per heavy atom. The van der Waals surface area contributed by atoms with Crippen LogP contribution >= 0.6 is 36.2 Å². The highest BCUT2D eigenvalue weighted by Gasteiger charge is 2.35. The van der Waals surface area contributed by atoms with Crippen molar-refractivity contribution in [3.63, 3.8) is 0 Å². The Labute approximate surface area is 190 Å². The van der Waals surface area contributed by atoms with Crippen LogP contribution in [0.1, 0.15) is 55.6 Å². The zero-order valence-corrected chi connectivity index (χ0v) is 19.7. The summed E-state index contributed by atoms with van der Waals surface area (Å²) in [6, 6.07) is 11.6. The van der Waals surface area contributed by atoms with E-state index in [9.17, 15) is 4.79 Å². The van der Waals surface area contributed by atoms with E-state index in [1.165, 1.54) is 17.7 Å². The van der Waals surface area contributed by atoms with Crippen LogP contribution < -0.4 is 5.32 Å². The van der Waals surface area contributed by atoms with Crippen molar-refractivity contribution in [3.8, 4) is 10.6 Å². The average molecular weight is 456 g/mol. The number of hydrogen-bond donors (Lipinski definition) is 1. The van der Waals surface area contributed by atoms with Gasteiger partial charge in [0.25, 0.3) is 0 Å². The smallest absolute Gasteiger partial charge is 0.223 e. The van der Waals surface area contributed by atoms with Crippen LogP contribution in [0.5, 0.6) is 0 Å². The lowest BCUT2D eigenvalue weighted by molar-refractivity contribution is -0.133. The summed E-state index contributed by atoms with van der Waals surface area (Å²) in [4.78, 5) is 20.8. The summed E-state index contributed by atoms with van der Waals surface area (Å²) in [5, 5.41) is 4.70. The van der Waals surface area contributed by atoms with Gasteiger partial charge in [-0.25, -0.2) is 4.98 Å². The minimum atomic E-state index is 0. The van der Waals surface area contributed by atoms with Crippen molar-refractivity contribution < 1.29 is 4.79 Å². The van der Waals surface area contributed by atoms with Crippen molar-refractivity contribution in [1.82, 2.24) is 15.2 Å². The molecule has 29 heavy (non-hydrogen) atoms. The van der Waals surface area contributed by atoms with Gasteiger partial charge in [-0.3, -0.25) is 4.79 Å². The number of carbonyl (C=O) groups excluding carboxylic acids is 1. The molecule has 2 fully saturated rings. The second-order valence-corrected chi connectivity index (χ2v) is 9.23. The summed E-state index contributed by atoms with van der Waals surface area (Å²) in [5.41, 5.74) is 2.18. The van der Waals surface area contributed by atoms with E-state index in [2.05, 4.69) is 31.3 Å². The lowest BCUT2D eigenvalue weighted by Crippen LogP contribution is -2.40. The maximum absolute atomic E-state index is 12.9. The Morgan fingerprint density at radius 1 is 1.21 bits per heavy atom. The van der Waals surface area contributed by atoms with Crippen LogP contribution in [0.2, 0.25) is 0 Å². The predicted molar refractivity (Wildman–Crippen MR) is 125 cm³/mol. The topological polar surface area (TPSA) is 45.2 Å². The molecule has 1 aromatic heterocycles. The number of nitrogens with one attached hydrogen (secondary N) is 1. The largest absolute Gasteiger partial charge is 0.338 e. The Bertz CT molecular complexity index is 802. The molecule has 0 radical (unpaired) electrons. The molecule has 4 nitrogen and oxygen atoms in total. The first-order valence-corrected chi connectivity index (χ1v) is 10.9. The summed E-state index contributed by atoms with van der Waals surface area (Å²) >= 11 is 1.71. The Balaban J connectivity index is 0.00000150. The fourth-order valence-corrected chi connectivity index (χ4v) is 5.79. The van der Waals surface area contributed by atoms with Gasteiger partial charge in [-0.1, -0.05) is 30.3 Å². The van der Waals surface area contributed by atoms with Crippen molar-refractivity contribution >= 4 is 42.1 Å². The minimum absolute atomic E-state index is 0. The molecule has 4 rings (SSSR count). The first kappa shape index (κ1) is 24.1. The van der Waals surface area contributed by atoms with E-state index in [-0.39, 0.29) is 36.8 Å². The van der Waals surface area contributed by atoms with Crippen molar-refractivity contribution in [2.45, 2.75) is 64.1 Å². The molecule has 2 saturated heterocycles. The molecule has 2 aromatic rings. The van der Waals surface area contributed by atoms with Gasteiger partial charge in [0.2, 0.25) is 5.91 Å². The van der Waals surface area contributed by atoms with Gasteiger partial charge in [-0.2, -0.15) is 0 Å². The summed E-state index contributed by atoms with van der Waals surface area (Å²) in [6.07, 6.45) is 5.55. The van der Waals surface area contributed by atoms with E-state index in [4.69, 9.17) is 4.98 Å². The van der Waals surface area contributed by atoms with E-state index in [0.717, 1.165) is 29.1 Å². The second-order valence-electron chi connectivity index (χ2n) is 8.19. The standard InChI is InChI=1S/C22H29N3OS.2ClH/c1-14-21(27-22(23-14)17-7-5-4-6-8-17)15(2)25(3)20(26)13-16-11-18-9-10-19(12-16)24-18;;/h4-8,15-16,18-19,24H,9-13H2,1-3H3;2*1H. The number of thiazole rings is 1. The van der Waals surface area contributed by atoms with E-state index in [1.807, 2.05) is 30.1 Å². The number of fused-ring (bicyclic) bond motifs is 2. The molecule has 160 valence electrons. The summed E-state index contributed by atoms with van der Waals surface area (Å²) in [6.45, 7) is 4.18. The first-order chi connectivity index (χ1) is 13.0. The number of benzene rings is 1. The molecule has 7 heteroatoms. The van der Waals surface area contributed by atoms with Crippen LogP contribution in [0.3, 0.4) is 0 Å². The second kappa shape index (κ2) is 10.3. The molecule has 3 heterocycles. The van der Waals surface area contributed by atoms with E-state index in [0.29, 0.717) is 24.4 Å². The van der Waals surface area contributed by atoms with Crippen LogP contribution in [0.15, 0.2) is 30.3 Å². The normalized spacial score (nSPS) is 23.6. The molecule has 0 saturated carbocycles. The quantitative estimate of drug-likeness (QED) is 0.655. The van der Waals surface area contributed by atoms with Crippen LogP contribution in [0, 0.1) is 12.8 Å². The lowest BCUT2D eigenvalue weighted by Gasteiger charge is -2.31. The third-order valence-electron chi connectivity index (χ3n) is 6.24. The van der Waals surface area contributed by atoms with Crippen LogP contribution in [0.25, 0.3) is 10.6 Å². The zero-order chi connectivity index (χ0) is 19.0. The summed E-state index contributed by atoms with van der Waals surface area (Å²) in [5.74, 6) is 0.802. The van der Waals surface area contributed by atoms with Gasteiger partial charge < -0.3 is 10.2 Å². The SMILES string of the molecule is Cc1nc(-c2ccccc2)sc1C(C)N(C)C(=O)CC1CC2CCC(C1)N2.Cl.Cl. The van der Waals surface area contributed by atoms with E-state index < -0.39 is 0 Å². The highest BCUT2D eigenvalue weighted by Crippen LogP contribution is 2.36. The molecule has 1 aromatic carbocycles. The van der Waals surface area contributed by atoms with Gasteiger partial charge in [0.15, 0.2) is 0 Å². The van der Waals surface area contributed by atoms with E-state index >= 15 is 0 Å². The van der Waals surface area contributed by atoms with Crippen molar-refractivity contribution in [2.75, 3.05) is 7.05 Å².